The lowest BCUT2D eigenvalue weighted by Gasteiger charge is -2.18. The van der Waals surface area contributed by atoms with E-state index in [0.717, 1.165) is 12.2 Å². The van der Waals surface area contributed by atoms with Gasteiger partial charge >= 0.3 is 0 Å². The van der Waals surface area contributed by atoms with Crippen LogP contribution in [-0.2, 0) is 9.53 Å². The fourth-order valence-corrected chi connectivity index (χ4v) is 0.813. The van der Waals surface area contributed by atoms with E-state index in [1.807, 2.05) is 11.9 Å². The fraction of sp³-hybridized carbons (Fsp3) is 0.417. The molecule has 0 aliphatic heterocycles. The van der Waals surface area contributed by atoms with Crippen LogP contribution in [0, 0.1) is 0 Å². The van der Waals surface area contributed by atoms with Crippen LogP contribution in [0.4, 0.5) is 0 Å². The van der Waals surface area contributed by atoms with Crippen molar-refractivity contribution in [3.05, 3.63) is 36.6 Å². The first-order valence-electron chi connectivity index (χ1n) is 4.76. The molecule has 0 N–H and O–H groups in total. The summed E-state index contributed by atoms with van der Waals surface area (Å²) in [5.74, 6) is -0.0291. The summed E-state index contributed by atoms with van der Waals surface area (Å²) < 4.78 is 4.95. The second kappa shape index (κ2) is 7.01. The largest absolute Gasteiger partial charge is 0.383 e. The van der Waals surface area contributed by atoms with Crippen molar-refractivity contribution in [2.45, 2.75) is 6.92 Å². The minimum absolute atomic E-state index is 0.0291. The van der Waals surface area contributed by atoms with Crippen LogP contribution in [0.15, 0.2) is 36.6 Å². The van der Waals surface area contributed by atoms with Crippen LogP contribution in [-0.4, -0.2) is 38.0 Å². The molecule has 3 heteroatoms. The van der Waals surface area contributed by atoms with Crippen molar-refractivity contribution < 1.29 is 9.53 Å². The van der Waals surface area contributed by atoms with Gasteiger partial charge in [0.1, 0.15) is 0 Å². The number of ketones is 1. The Hall–Kier alpha value is -1.35. The maximum atomic E-state index is 10.9. The van der Waals surface area contributed by atoms with E-state index >= 15 is 0 Å². The van der Waals surface area contributed by atoms with E-state index in [-0.39, 0.29) is 5.78 Å². The van der Waals surface area contributed by atoms with Gasteiger partial charge in [-0.25, -0.2) is 0 Å². The Kier molecular flexibility index (Phi) is 6.38. The lowest BCUT2D eigenvalue weighted by molar-refractivity contribution is -0.113. The quantitative estimate of drug-likeness (QED) is 0.473. The van der Waals surface area contributed by atoms with Crippen molar-refractivity contribution in [1.82, 2.24) is 4.90 Å². The first-order valence-corrected chi connectivity index (χ1v) is 4.76. The summed E-state index contributed by atoms with van der Waals surface area (Å²) in [7, 11) is 3.58. The molecule has 0 aliphatic rings. The van der Waals surface area contributed by atoms with Gasteiger partial charge in [0, 0.05) is 32.0 Å². The summed E-state index contributed by atoms with van der Waals surface area (Å²) in [4.78, 5) is 12.8. The normalized spacial score (nSPS) is 10.3. The SMILES string of the molecule is C=C(/C=C\C(=C)N(C)CCOC)C(C)=O. The molecule has 0 spiro atoms. The lowest BCUT2D eigenvalue weighted by Crippen LogP contribution is -2.20. The van der Waals surface area contributed by atoms with Crippen LogP contribution in [0.25, 0.3) is 0 Å². The van der Waals surface area contributed by atoms with Crippen LogP contribution in [0.2, 0.25) is 0 Å². The number of carbonyl (C=O) groups is 1. The molecule has 84 valence electrons. The van der Waals surface area contributed by atoms with Crippen molar-refractivity contribution in [3.8, 4) is 0 Å². The van der Waals surface area contributed by atoms with E-state index in [9.17, 15) is 4.79 Å². The van der Waals surface area contributed by atoms with Crippen LogP contribution in [0.3, 0.4) is 0 Å². The average molecular weight is 209 g/mol. The van der Waals surface area contributed by atoms with E-state index in [2.05, 4.69) is 13.2 Å². The number of allylic oxidation sites excluding steroid dienone is 3. The third-order valence-electron chi connectivity index (χ3n) is 2.05. The smallest absolute Gasteiger partial charge is 0.159 e. The summed E-state index contributed by atoms with van der Waals surface area (Å²) in [6, 6.07) is 0. The highest BCUT2D eigenvalue weighted by Gasteiger charge is 1.99. The summed E-state index contributed by atoms with van der Waals surface area (Å²) in [5, 5.41) is 0. The first-order chi connectivity index (χ1) is 6.99. The van der Waals surface area contributed by atoms with Gasteiger partial charge in [0.15, 0.2) is 5.78 Å². The molecule has 15 heavy (non-hydrogen) atoms. The van der Waals surface area contributed by atoms with Crippen molar-refractivity contribution in [2.75, 3.05) is 27.3 Å². The highest BCUT2D eigenvalue weighted by Crippen LogP contribution is 2.03. The molecule has 3 nitrogen and oxygen atoms in total. The zero-order valence-corrected chi connectivity index (χ0v) is 9.75. The highest BCUT2D eigenvalue weighted by atomic mass is 16.5. The van der Waals surface area contributed by atoms with Crippen LogP contribution in [0.1, 0.15) is 6.92 Å². The molecule has 0 bridgehead atoms. The average Bonchev–Trinajstić information content (AvgIpc) is 2.21. The van der Waals surface area contributed by atoms with E-state index in [1.165, 1.54) is 6.92 Å². The molecule has 0 fully saturated rings. The number of likely N-dealkylation sites (N-methyl/N-ethyl adjacent to an activating group) is 1. The predicted molar refractivity (Wildman–Crippen MR) is 62.6 cm³/mol. The van der Waals surface area contributed by atoms with Crippen LogP contribution < -0.4 is 0 Å². The van der Waals surface area contributed by atoms with E-state index in [4.69, 9.17) is 4.74 Å². The molecule has 0 aliphatic carbocycles. The topological polar surface area (TPSA) is 29.5 Å². The molecule has 0 aromatic heterocycles. The Morgan fingerprint density at radius 3 is 2.47 bits per heavy atom. The van der Waals surface area contributed by atoms with Gasteiger partial charge in [-0.3, -0.25) is 4.79 Å². The minimum Gasteiger partial charge on any atom is -0.383 e. The Balaban J connectivity index is 4.12. The third-order valence-corrected chi connectivity index (χ3v) is 2.05. The lowest BCUT2D eigenvalue weighted by atomic mass is 10.2. The third kappa shape index (κ3) is 5.86. The number of hydrogen-bond donors (Lipinski definition) is 0. The summed E-state index contributed by atoms with van der Waals surface area (Å²) in [6.07, 6.45) is 3.45. The zero-order chi connectivity index (χ0) is 11.8. The molecule has 0 saturated carbocycles. The van der Waals surface area contributed by atoms with Crippen molar-refractivity contribution in [2.24, 2.45) is 0 Å². The van der Waals surface area contributed by atoms with E-state index in [1.54, 1.807) is 19.3 Å². The summed E-state index contributed by atoms with van der Waals surface area (Å²) >= 11 is 0. The van der Waals surface area contributed by atoms with E-state index < -0.39 is 0 Å². The Labute approximate surface area is 91.7 Å². The maximum absolute atomic E-state index is 10.9. The monoisotopic (exact) mass is 209 g/mol. The zero-order valence-electron chi connectivity index (χ0n) is 9.75. The van der Waals surface area contributed by atoms with Crippen LogP contribution in [0.5, 0.6) is 0 Å². The number of hydrogen-bond acceptors (Lipinski definition) is 3. The standard InChI is InChI=1S/C12H19NO2/c1-10(12(3)14)6-7-11(2)13(4)8-9-15-5/h6-7H,1-2,8-9H2,3-5H3/b7-6-. The van der Waals surface area contributed by atoms with Gasteiger partial charge in [-0.05, 0) is 19.1 Å². The minimum atomic E-state index is -0.0291. The molecule has 0 rings (SSSR count). The maximum Gasteiger partial charge on any atom is 0.159 e. The van der Waals surface area contributed by atoms with E-state index in [0.29, 0.717) is 12.2 Å². The number of nitrogens with zero attached hydrogens (tertiary/aromatic N) is 1. The van der Waals surface area contributed by atoms with Gasteiger partial charge in [-0.1, -0.05) is 13.2 Å². The van der Waals surface area contributed by atoms with Crippen LogP contribution >= 0.6 is 0 Å². The Morgan fingerprint density at radius 1 is 1.40 bits per heavy atom. The number of rotatable bonds is 7. The first kappa shape index (κ1) is 13.7. The van der Waals surface area contributed by atoms with Gasteiger partial charge < -0.3 is 9.64 Å². The Morgan fingerprint density at radius 2 is 2.00 bits per heavy atom. The molecular formula is C12H19NO2. The van der Waals surface area contributed by atoms with Gasteiger partial charge in [0.05, 0.1) is 6.61 Å². The van der Waals surface area contributed by atoms with Gasteiger partial charge in [-0.2, -0.15) is 0 Å². The van der Waals surface area contributed by atoms with Crippen molar-refractivity contribution >= 4 is 5.78 Å². The fourth-order valence-electron chi connectivity index (χ4n) is 0.813. The van der Waals surface area contributed by atoms with Crippen molar-refractivity contribution in [1.29, 1.82) is 0 Å². The second-order valence-electron chi connectivity index (χ2n) is 3.32. The summed E-state index contributed by atoms with van der Waals surface area (Å²) in [5.41, 5.74) is 1.31. The molecule has 0 amide bonds. The number of ether oxygens (including phenoxy) is 1. The molecule has 0 heterocycles. The molecule has 0 aromatic carbocycles. The van der Waals surface area contributed by atoms with Gasteiger partial charge in [0.2, 0.25) is 0 Å². The molecule has 0 unspecified atom stereocenters. The Bertz CT molecular complexity index is 279. The number of methoxy groups -OCH3 is 1. The number of Topliss-reactive ketones (excluding diaryl/α,β-unsaturated/α-hetero) is 1. The number of carbonyl (C=O) groups excluding carboxylic acids is 1. The summed E-state index contributed by atoms with van der Waals surface area (Å²) in [6.45, 7) is 10.4. The van der Waals surface area contributed by atoms with Crippen molar-refractivity contribution in [3.63, 3.8) is 0 Å². The molecular weight excluding hydrogens is 190 g/mol. The molecule has 0 aromatic rings. The molecule has 0 atom stereocenters. The highest BCUT2D eigenvalue weighted by molar-refractivity contribution is 5.95. The second-order valence-corrected chi connectivity index (χ2v) is 3.32. The molecule has 0 radical (unpaired) electrons. The predicted octanol–water partition coefficient (Wildman–Crippen LogP) is 1.78. The van der Waals surface area contributed by atoms with Gasteiger partial charge in [-0.15, -0.1) is 0 Å². The van der Waals surface area contributed by atoms with Gasteiger partial charge in [0.25, 0.3) is 0 Å². The molecule has 0 saturated heterocycles.